The number of rotatable bonds is 87. The Bertz CT molecular complexity index is 2110. The van der Waals surface area contributed by atoms with Crippen LogP contribution in [0.3, 0.4) is 0 Å². The molecule has 0 saturated carbocycles. The van der Waals surface area contributed by atoms with Gasteiger partial charge in [-0.05, 0) is 49.4 Å². The summed E-state index contributed by atoms with van der Waals surface area (Å²) in [4.78, 5) is 73.3. The second-order valence-corrected chi connectivity index (χ2v) is 36.9. The molecule has 6 atom stereocenters. The van der Waals surface area contributed by atoms with Gasteiger partial charge in [-0.1, -0.05) is 421 Å². The van der Waals surface area contributed by atoms with Crippen molar-refractivity contribution in [3.8, 4) is 0 Å². The standard InChI is InChI=1S/C90H176O17P2/c1-9-83(8)69-61-53-45-36-30-23-19-15-11-13-17-21-25-32-38-48-56-64-72-89(94)106-85(76-100-87(92)70-62-54-46-37-31-24-20-16-12-10-14-18-22-28-34-42-50-58-66-80(2)3)78-104-108(96,97)102-74-84(91)75-103-109(98,99)105-79-86(77-101-88(93)71-63-55-47-41-40-44-52-60-68-82(6)7)107-90(95)73-65-57-49-39-33-27-26-29-35-43-51-59-67-81(4)5/h80-86,91H,9-79H2,1-8H3,(H,96,97)(H,98,99)/t83?,84-,85-,86-/m1/s1. The van der Waals surface area contributed by atoms with Gasteiger partial charge in [0.15, 0.2) is 12.2 Å². The number of aliphatic hydroxyl groups excluding tert-OH is 1. The van der Waals surface area contributed by atoms with Gasteiger partial charge in [0, 0.05) is 25.7 Å². The number of hydrogen-bond acceptors (Lipinski definition) is 15. The van der Waals surface area contributed by atoms with Gasteiger partial charge in [0.05, 0.1) is 26.4 Å². The highest BCUT2D eigenvalue weighted by Crippen LogP contribution is 2.45. The van der Waals surface area contributed by atoms with E-state index in [1.54, 1.807) is 0 Å². The molecule has 3 N–H and O–H groups in total. The number of carbonyl (C=O) groups is 4. The largest absolute Gasteiger partial charge is 0.472 e. The summed E-state index contributed by atoms with van der Waals surface area (Å²) in [5.41, 5.74) is 0. The second-order valence-electron chi connectivity index (χ2n) is 34.0. The molecule has 0 fully saturated rings. The van der Waals surface area contributed by atoms with Gasteiger partial charge in [-0.25, -0.2) is 9.13 Å². The molecular weight excluding hydrogens is 1410 g/mol. The van der Waals surface area contributed by atoms with Crippen LogP contribution in [0.25, 0.3) is 0 Å². The van der Waals surface area contributed by atoms with Crippen LogP contribution in [-0.4, -0.2) is 96.7 Å². The smallest absolute Gasteiger partial charge is 0.462 e. The molecule has 648 valence electrons. The van der Waals surface area contributed by atoms with Gasteiger partial charge >= 0.3 is 39.5 Å². The molecule has 0 rings (SSSR count). The number of unbranched alkanes of at least 4 members (excludes halogenated alkanes) is 52. The number of esters is 4. The third kappa shape index (κ3) is 82.4. The lowest BCUT2D eigenvalue weighted by atomic mass is 9.99. The van der Waals surface area contributed by atoms with Crippen molar-refractivity contribution in [3.05, 3.63) is 0 Å². The molecule has 0 aromatic carbocycles. The molecular formula is C90H176O17P2. The Morgan fingerprint density at radius 1 is 0.257 bits per heavy atom. The average molecular weight is 1590 g/mol. The van der Waals surface area contributed by atoms with Gasteiger partial charge in [0.1, 0.15) is 19.3 Å². The summed E-state index contributed by atoms with van der Waals surface area (Å²) in [5, 5.41) is 10.7. The Morgan fingerprint density at radius 2 is 0.440 bits per heavy atom. The molecule has 17 nitrogen and oxygen atoms in total. The lowest BCUT2D eigenvalue weighted by Crippen LogP contribution is -2.30. The summed E-state index contributed by atoms with van der Waals surface area (Å²) in [7, 11) is -9.93. The average Bonchev–Trinajstić information content (AvgIpc) is 0.894. The van der Waals surface area contributed by atoms with Crippen LogP contribution in [0.1, 0.15) is 473 Å². The fourth-order valence-electron chi connectivity index (χ4n) is 14.0. The topological polar surface area (TPSA) is 237 Å². The zero-order valence-electron chi connectivity index (χ0n) is 72.2. The molecule has 0 aromatic heterocycles. The van der Waals surface area contributed by atoms with Crippen LogP contribution in [0.2, 0.25) is 0 Å². The van der Waals surface area contributed by atoms with Crippen LogP contribution in [0.4, 0.5) is 0 Å². The number of phosphoric ester groups is 2. The first kappa shape index (κ1) is 107. The highest BCUT2D eigenvalue weighted by atomic mass is 31.2. The maximum absolute atomic E-state index is 13.2. The number of aliphatic hydroxyl groups is 1. The van der Waals surface area contributed by atoms with Crippen molar-refractivity contribution >= 4 is 39.5 Å². The highest BCUT2D eigenvalue weighted by Gasteiger charge is 2.31. The van der Waals surface area contributed by atoms with E-state index in [0.717, 1.165) is 114 Å². The van der Waals surface area contributed by atoms with E-state index < -0.39 is 97.5 Å². The van der Waals surface area contributed by atoms with E-state index in [0.29, 0.717) is 25.7 Å². The zero-order valence-corrected chi connectivity index (χ0v) is 74.0. The maximum atomic E-state index is 13.2. The van der Waals surface area contributed by atoms with Gasteiger partial charge in [-0.15, -0.1) is 0 Å². The van der Waals surface area contributed by atoms with E-state index in [-0.39, 0.29) is 25.7 Å². The van der Waals surface area contributed by atoms with Gasteiger partial charge < -0.3 is 33.8 Å². The van der Waals surface area contributed by atoms with Gasteiger partial charge in [-0.2, -0.15) is 0 Å². The van der Waals surface area contributed by atoms with Crippen LogP contribution >= 0.6 is 15.6 Å². The summed E-state index contributed by atoms with van der Waals surface area (Å²) in [6, 6.07) is 0. The Hall–Kier alpha value is -1.94. The van der Waals surface area contributed by atoms with Crippen molar-refractivity contribution in [2.45, 2.75) is 491 Å². The fraction of sp³-hybridized carbons (Fsp3) is 0.956. The van der Waals surface area contributed by atoms with E-state index in [1.165, 1.54) is 276 Å². The summed E-state index contributed by atoms with van der Waals surface area (Å²) in [5.74, 6) is 1.09. The lowest BCUT2D eigenvalue weighted by Gasteiger charge is -2.21. The summed E-state index contributed by atoms with van der Waals surface area (Å²) in [6.45, 7) is 14.4. The first-order valence-electron chi connectivity index (χ1n) is 46.2. The van der Waals surface area contributed by atoms with Crippen molar-refractivity contribution in [1.82, 2.24) is 0 Å². The van der Waals surface area contributed by atoms with E-state index >= 15 is 0 Å². The molecule has 0 bridgehead atoms. The number of hydrogen-bond donors (Lipinski definition) is 3. The molecule has 0 radical (unpaired) electrons. The molecule has 0 aliphatic heterocycles. The molecule has 0 aromatic rings. The molecule has 0 aliphatic carbocycles. The number of carbonyl (C=O) groups excluding carboxylic acids is 4. The predicted molar refractivity (Wildman–Crippen MR) is 451 cm³/mol. The van der Waals surface area contributed by atoms with Crippen LogP contribution in [0, 0.1) is 23.7 Å². The fourth-order valence-corrected chi connectivity index (χ4v) is 15.6. The normalized spacial score (nSPS) is 14.1. The van der Waals surface area contributed by atoms with Gasteiger partial charge in [0.25, 0.3) is 0 Å². The minimum atomic E-state index is -4.97. The molecule has 0 saturated heterocycles. The molecule has 0 heterocycles. The quantitative estimate of drug-likeness (QED) is 0.0222. The molecule has 0 spiro atoms. The molecule has 19 heteroatoms. The predicted octanol–water partition coefficient (Wildman–Crippen LogP) is 27.5. The zero-order chi connectivity index (χ0) is 80.2. The Balaban J connectivity index is 5.23. The van der Waals surface area contributed by atoms with Crippen molar-refractivity contribution < 1.29 is 80.2 Å². The van der Waals surface area contributed by atoms with Crippen LogP contribution < -0.4 is 0 Å². The Labute approximate surface area is 670 Å². The van der Waals surface area contributed by atoms with Crippen LogP contribution in [0.15, 0.2) is 0 Å². The van der Waals surface area contributed by atoms with Gasteiger partial charge in [0.2, 0.25) is 0 Å². The van der Waals surface area contributed by atoms with E-state index in [9.17, 15) is 43.2 Å². The number of phosphoric acid groups is 2. The third-order valence-electron chi connectivity index (χ3n) is 21.4. The van der Waals surface area contributed by atoms with Crippen molar-refractivity contribution in [2.75, 3.05) is 39.6 Å². The van der Waals surface area contributed by atoms with Crippen molar-refractivity contribution in [3.63, 3.8) is 0 Å². The van der Waals surface area contributed by atoms with E-state index in [1.807, 2.05) is 0 Å². The molecule has 3 unspecified atom stereocenters. The lowest BCUT2D eigenvalue weighted by molar-refractivity contribution is -0.161. The second kappa shape index (κ2) is 78.6. The number of ether oxygens (including phenoxy) is 4. The summed E-state index contributed by atoms with van der Waals surface area (Å²) < 4.78 is 69.0. The van der Waals surface area contributed by atoms with E-state index in [4.69, 9.17) is 37.0 Å². The molecule has 0 aliphatic rings. The maximum Gasteiger partial charge on any atom is 0.472 e. The van der Waals surface area contributed by atoms with Crippen LogP contribution in [0.5, 0.6) is 0 Å². The third-order valence-corrected chi connectivity index (χ3v) is 23.3. The Morgan fingerprint density at radius 3 is 0.651 bits per heavy atom. The monoisotopic (exact) mass is 1590 g/mol. The van der Waals surface area contributed by atoms with Crippen LogP contribution in [-0.2, 0) is 65.4 Å². The van der Waals surface area contributed by atoms with E-state index in [2.05, 4.69) is 55.4 Å². The Kier molecular flexibility index (Phi) is 77.2. The SMILES string of the molecule is CCC(C)CCCCCCCCCCCCCCCCCCCCC(=O)O[C@H](COC(=O)CCCCCCCCCCCCCCCCCCCCC(C)C)COP(=O)(O)OC[C@@H](O)COP(=O)(O)OC[C@@H](COC(=O)CCCCCCCCCCC(C)C)OC(=O)CCCCCCCCCCCCCCC(C)C. The minimum Gasteiger partial charge on any atom is -0.462 e. The first-order valence-corrected chi connectivity index (χ1v) is 49.2. The van der Waals surface area contributed by atoms with Crippen molar-refractivity contribution in [2.24, 2.45) is 23.7 Å². The van der Waals surface area contributed by atoms with Crippen molar-refractivity contribution in [1.29, 1.82) is 0 Å². The summed E-state index contributed by atoms with van der Waals surface area (Å²) >= 11 is 0. The molecule has 109 heavy (non-hydrogen) atoms. The highest BCUT2D eigenvalue weighted by molar-refractivity contribution is 7.47. The first-order chi connectivity index (χ1) is 52.6. The molecule has 0 amide bonds. The summed E-state index contributed by atoms with van der Waals surface area (Å²) in [6.07, 6.45) is 69.5. The minimum absolute atomic E-state index is 0.106. The van der Waals surface area contributed by atoms with Gasteiger partial charge in [-0.3, -0.25) is 37.3 Å².